The van der Waals surface area contributed by atoms with Crippen molar-refractivity contribution in [3.8, 4) is 0 Å². The van der Waals surface area contributed by atoms with Crippen molar-refractivity contribution in [1.82, 2.24) is 0 Å². The summed E-state index contributed by atoms with van der Waals surface area (Å²) in [5.74, 6) is -2.33. The number of hydrogen-bond donors (Lipinski definition) is 2. The zero-order valence-electron chi connectivity index (χ0n) is 6.43. The fourth-order valence-corrected chi connectivity index (χ4v) is 0.711. The minimum Gasteiger partial charge on any atom is -0.478 e. The van der Waals surface area contributed by atoms with Crippen molar-refractivity contribution >= 4 is 18.0 Å². The van der Waals surface area contributed by atoms with E-state index in [1.165, 1.54) is 18.2 Å². The van der Waals surface area contributed by atoms with Gasteiger partial charge in [-0.3, -0.25) is 0 Å². The fraction of sp³-hybridized carbons (Fsp3) is 0. The number of aromatic carboxylic acids is 1. The lowest BCUT2D eigenvalue weighted by molar-refractivity contribution is -0.131. The molecular weight excluding hydrogens is 176 g/mol. The molecule has 0 saturated heterocycles. The topological polar surface area (TPSA) is 87.7 Å². The normalized spacial score (nSPS) is 10.5. The van der Waals surface area contributed by atoms with Gasteiger partial charge in [0, 0.05) is 6.08 Å². The van der Waals surface area contributed by atoms with Crippen LogP contribution in [0.2, 0.25) is 0 Å². The fourth-order valence-electron chi connectivity index (χ4n) is 0.711. The minimum atomic E-state index is -1.19. The second kappa shape index (κ2) is 3.57. The summed E-state index contributed by atoms with van der Waals surface area (Å²) >= 11 is 0. The number of carboxylic acid groups (broad SMARTS) is 2. The second-order valence-corrected chi connectivity index (χ2v) is 2.18. The lowest BCUT2D eigenvalue weighted by atomic mass is 10.4. The molecule has 13 heavy (non-hydrogen) atoms. The summed E-state index contributed by atoms with van der Waals surface area (Å²) < 4.78 is 4.75. The van der Waals surface area contributed by atoms with Crippen molar-refractivity contribution in [2.45, 2.75) is 0 Å². The highest BCUT2D eigenvalue weighted by Gasteiger charge is 2.06. The van der Waals surface area contributed by atoms with Gasteiger partial charge in [0.1, 0.15) is 5.76 Å². The van der Waals surface area contributed by atoms with Crippen molar-refractivity contribution in [2.24, 2.45) is 0 Å². The number of aliphatic carboxylic acids is 1. The first-order chi connectivity index (χ1) is 6.09. The van der Waals surface area contributed by atoms with Crippen LogP contribution >= 0.6 is 0 Å². The summed E-state index contributed by atoms with van der Waals surface area (Å²) in [6.45, 7) is 0. The van der Waals surface area contributed by atoms with E-state index in [2.05, 4.69) is 0 Å². The first-order valence-electron chi connectivity index (χ1n) is 3.34. The van der Waals surface area contributed by atoms with Gasteiger partial charge in [-0.15, -0.1) is 0 Å². The first-order valence-corrected chi connectivity index (χ1v) is 3.34. The van der Waals surface area contributed by atoms with E-state index in [-0.39, 0.29) is 11.5 Å². The summed E-state index contributed by atoms with van der Waals surface area (Å²) in [7, 11) is 0. The molecule has 0 unspecified atom stereocenters. The van der Waals surface area contributed by atoms with Crippen molar-refractivity contribution in [2.75, 3.05) is 0 Å². The van der Waals surface area contributed by atoms with Crippen LogP contribution in [0.5, 0.6) is 0 Å². The maximum Gasteiger partial charge on any atom is 0.371 e. The van der Waals surface area contributed by atoms with E-state index in [1.807, 2.05) is 0 Å². The quantitative estimate of drug-likeness (QED) is 0.682. The number of rotatable bonds is 3. The molecule has 0 radical (unpaired) electrons. The minimum absolute atomic E-state index is 0.194. The average molecular weight is 182 g/mol. The summed E-state index contributed by atoms with van der Waals surface area (Å²) in [6, 6.07) is 2.63. The number of furan rings is 1. The molecule has 1 aromatic heterocycles. The highest BCUT2D eigenvalue weighted by atomic mass is 16.4. The summed E-state index contributed by atoms with van der Waals surface area (Å²) in [5.41, 5.74) is 0. The Bertz CT molecular complexity index is 360. The van der Waals surface area contributed by atoms with Crippen LogP contribution in [-0.2, 0) is 4.79 Å². The smallest absolute Gasteiger partial charge is 0.371 e. The monoisotopic (exact) mass is 182 g/mol. The Kier molecular flexibility index (Phi) is 2.49. The Morgan fingerprint density at radius 3 is 2.46 bits per heavy atom. The molecule has 0 aromatic carbocycles. The molecule has 0 fully saturated rings. The number of carboxylic acids is 2. The lowest BCUT2D eigenvalue weighted by Gasteiger charge is -1.84. The van der Waals surface area contributed by atoms with E-state index >= 15 is 0 Å². The Balaban J connectivity index is 2.80. The SMILES string of the molecule is O=C(O)C=Cc1ccc(C(=O)O)o1. The van der Waals surface area contributed by atoms with E-state index in [4.69, 9.17) is 14.6 Å². The third kappa shape index (κ3) is 2.48. The average Bonchev–Trinajstić information content (AvgIpc) is 2.48. The molecule has 1 aromatic rings. The molecule has 0 spiro atoms. The highest BCUT2D eigenvalue weighted by molar-refractivity contribution is 5.86. The zero-order valence-corrected chi connectivity index (χ0v) is 6.43. The van der Waals surface area contributed by atoms with Crippen molar-refractivity contribution in [1.29, 1.82) is 0 Å². The van der Waals surface area contributed by atoms with Crippen LogP contribution in [0.25, 0.3) is 6.08 Å². The molecule has 0 atom stereocenters. The second-order valence-electron chi connectivity index (χ2n) is 2.18. The molecule has 0 amide bonds. The molecule has 5 nitrogen and oxygen atoms in total. The Morgan fingerprint density at radius 2 is 2.00 bits per heavy atom. The summed E-state index contributed by atoms with van der Waals surface area (Å²) in [5, 5.41) is 16.7. The van der Waals surface area contributed by atoms with Gasteiger partial charge in [-0.25, -0.2) is 9.59 Å². The van der Waals surface area contributed by atoms with E-state index < -0.39 is 11.9 Å². The van der Waals surface area contributed by atoms with Crippen LogP contribution in [0.15, 0.2) is 22.6 Å². The van der Waals surface area contributed by atoms with Crippen LogP contribution in [0.4, 0.5) is 0 Å². The van der Waals surface area contributed by atoms with E-state index in [0.29, 0.717) is 0 Å². The lowest BCUT2D eigenvalue weighted by Crippen LogP contribution is -1.91. The van der Waals surface area contributed by atoms with Gasteiger partial charge in [0.25, 0.3) is 0 Å². The van der Waals surface area contributed by atoms with Gasteiger partial charge in [-0.2, -0.15) is 0 Å². The van der Waals surface area contributed by atoms with Gasteiger partial charge in [0.05, 0.1) is 0 Å². The van der Waals surface area contributed by atoms with E-state index in [9.17, 15) is 9.59 Å². The molecule has 0 aliphatic rings. The highest BCUT2D eigenvalue weighted by Crippen LogP contribution is 2.09. The summed E-state index contributed by atoms with van der Waals surface area (Å²) in [6.07, 6.45) is 2.04. The molecule has 68 valence electrons. The van der Waals surface area contributed by atoms with Crippen molar-refractivity contribution in [3.63, 3.8) is 0 Å². The van der Waals surface area contributed by atoms with Crippen molar-refractivity contribution in [3.05, 3.63) is 29.7 Å². The molecule has 2 N–H and O–H groups in total. The largest absolute Gasteiger partial charge is 0.478 e. The van der Waals surface area contributed by atoms with Crippen LogP contribution in [0.3, 0.4) is 0 Å². The van der Waals surface area contributed by atoms with Gasteiger partial charge in [-0.1, -0.05) is 0 Å². The maximum atomic E-state index is 10.3. The third-order valence-corrected chi connectivity index (χ3v) is 1.23. The molecule has 0 saturated carbocycles. The predicted molar refractivity (Wildman–Crippen MR) is 42.3 cm³/mol. The van der Waals surface area contributed by atoms with Crippen LogP contribution in [0, 0.1) is 0 Å². The first kappa shape index (κ1) is 9.05. The van der Waals surface area contributed by atoms with Gasteiger partial charge >= 0.3 is 11.9 Å². The van der Waals surface area contributed by atoms with E-state index in [1.54, 1.807) is 0 Å². The molecule has 1 heterocycles. The van der Waals surface area contributed by atoms with Crippen LogP contribution < -0.4 is 0 Å². The standard InChI is InChI=1S/C8H6O5/c9-7(10)4-2-5-1-3-6(13-5)8(11)12/h1-4H,(H,9,10)(H,11,12). The molecule has 1 rings (SSSR count). The predicted octanol–water partition coefficient (Wildman–Crippen LogP) is 1.08. The van der Waals surface area contributed by atoms with Gasteiger partial charge in [0.2, 0.25) is 5.76 Å². The van der Waals surface area contributed by atoms with Gasteiger partial charge < -0.3 is 14.6 Å². The maximum absolute atomic E-state index is 10.3. The Morgan fingerprint density at radius 1 is 1.31 bits per heavy atom. The van der Waals surface area contributed by atoms with Gasteiger partial charge in [-0.05, 0) is 18.2 Å². The van der Waals surface area contributed by atoms with Crippen molar-refractivity contribution < 1.29 is 24.2 Å². The van der Waals surface area contributed by atoms with Crippen LogP contribution in [-0.4, -0.2) is 22.2 Å². The summed E-state index contributed by atoms with van der Waals surface area (Å²) in [4.78, 5) is 20.4. The number of carbonyl (C=O) groups is 2. The van der Waals surface area contributed by atoms with E-state index in [0.717, 1.165) is 6.08 Å². The number of hydrogen-bond acceptors (Lipinski definition) is 3. The third-order valence-electron chi connectivity index (χ3n) is 1.23. The molecule has 5 heteroatoms. The molecule has 0 aliphatic carbocycles. The Hall–Kier alpha value is -2.04. The molecule has 0 bridgehead atoms. The van der Waals surface area contributed by atoms with Gasteiger partial charge in [0.15, 0.2) is 0 Å². The van der Waals surface area contributed by atoms with Crippen LogP contribution in [0.1, 0.15) is 16.3 Å². The zero-order chi connectivity index (χ0) is 9.84. The molecular formula is C8H6O5. The Labute approximate surface area is 72.9 Å². The molecule has 0 aliphatic heterocycles.